The molecule has 7 nitrogen and oxygen atoms in total. The van der Waals surface area contributed by atoms with Crippen molar-refractivity contribution in [3.63, 3.8) is 0 Å². The first-order valence-electron chi connectivity index (χ1n) is 12.3. The van der Waals surface area contributed by atoms with Crippen LogP contribution in [0.2, 0.25) is 0 Å². The van der Waals surface area contributed by atoms with E-state index in [2.05, 4.69) is 39.8 Å². The van der Waals surface area contributed by atoms with Crippen molar-refractivity contribution >= 4 is 5.97 Å². The Morgan fingerprint density at radius 3 is 2.62 bits per heavy atom. The highest BCUT2D eigenvalue weighted by molar-refractivity contribution is 5.66. The molecule has 7 heteroatoms. The van der Waals surface area contributed by atoms with Gasteiger partial charge >= 0.3 is 5.97 Å². The van der Waals surface area contributed by atoms with E-state index in [1.54, 1.807) is 0 Å². The van der Waals surface area contributed by atoms with Gasteiger partial charge in [-0.2, -0.15) is 0 Å². The summed E-state index contributed by atoms with van der Waals surface area (Å²) in [7, 11) is 0. The Kier molecular flexibility index (Phi) is 8.66. The Bertz CT molecular complexity index is 905. The van der Waals surface area contributed by atoms with Crippen molar-refractivity contribution < 1.29 is 34.3 Å². The molecular formula is C27H40O7. The van der Waals surface area contributed by atoms with Gasteiger partial charge in [-0.3, -0.25) is 4.79 Å². The Balaban J connectivity index is 1.96. The second kappa shape index (κ2) is 11.1. The van der Waals surface area contributed by atoms with Gasteiger partial charge in [-0.1, -0.05) is 31.6 Å². The number of benzene rings is 1. The first-order valence-corrected chi connectivity index (χ1v) is 12.3. The van der Waals surface area contributed by atoms with Crippen LogP contribution in [-0.4, -0.2) is 52.5 Å². The van der Waals surface area contributed by atoms with Gasteiger partial charge in [0.15, 0.2) is 17.6 Å². The number of allylic oxidation sites excluding steroid dienone is 2. The van der Waals surface area contributed by atoms with Crippen LogP contribution in [0.1, 0.15) is 88.8 Å². The molecule has 1 aromatic rings. The zero-order chi connectivity index (χ0) is 25.2. The van der Waals surface area contributed by atoms with E-state index >= 15 is 0 Å². The number of phenolic OH excluding ortho intramolecular Hbond substituents is 1. The number of aliphatic hydroxyl groups excluding tert-OH is 2. The smallest absolute Gasteiger partial charge is 0.303 e. The summed E-state index contributed by atoms with van der Waals surface area (Å²) in [4.78, 5) is 11.6. The minimum Gasteiger partial charge on any atom is -0.504 e. The maximum absolute atomic E-state index is 11.6. The molecule has 3 rings (SSSR count). The number of aromatic hydroxyl groups is 1. The van der Waals surface area contributed by atoms with E-state index < -0.39 is 30.6 Å². The molecule has 0 amide bonds. The standard InChI is InChI=1S/C27H40O7/c1-14(2)8-7-9-15(3)19-11-10-16(4)22-20(19)12-17(5)23(30)25(22)34-27-26(33-18(6)28)24(31)21(29)13-32-27/h8,12,15-16,19,21,24,26-27,29-31H,7,9-11,13H2,1-6H3/t15-,16-,19+,21+,24+,26-,27-/m0/s1. The molecule has 0 saturated carbocycles. The summed E-state index contributed by atoms with van der Waals surface area (Å²) >= 11 is 0. The molecule has 2 aliphatic rings. The van der Waals surface area contributed by atoms with E-state index in [4.69, 9.17) is 14.2 Å². The average Bonchev–Trinajstić information content (AvgIpc) is 2.75. The number of hydrogen-bond donors (Lipinski definition) is 3. The van der Waals surface area contributed by atoms with E-state index in [-0.39, 0.29) is 18.3 Å². The monoisotopic (exact) mass is 476 g/mol. The highest BCUT2D eigenvalue weighted by atomic mass is 16.7. The Morgan fingerprint density at radius 1 is 1.26 bits per heavy atom. The Labute approximate surface area is 202 Å². The van der Waals surface area contributed by atoms with Crippen molar-refractivity contribution in [2.24, 2.45) is 5.92 Å². The third-order valence-electron chi connectivity index (χ3n) is 7.15. The Hall–Kier alpha value is -2.09. The number of carbonyl (C=O) groups is 1. The topological polar surface area (TPSA) is 105 Å². The molecule has 3 N–H and O–H groups in total. The summed E-state index contributed by atoms with van der Waals surface area (Å²) in [6, 6.07) is 2.07. The van der Waals surface area contributed by atoms with Crippen molar-refractivity contribution in [3.05, 3.63) is 34.4 Å². The predicted octanol–water partition coefficient (Wildman–Crippen LogP) is 4.45. The van der Waals surface area contributed by atoms with E-state index in [0.717, 1.165) is 31.2 Å². The fourth-order valence-corrected chi connectivity index (χ4v) is 5.21. The lowest BCUT2D eigenvalue weighted by molar-refractivity contribution is -0.250. The Morgan fingerprint density at radius 2 is 1.97 bits per heavy atom. The molecule has 0 unspecified atom stereocenters. The lowest BCUT2D eigenvalue weighted by atomic mass is 9.70. The van der Waals surface area contributed by atoms with Crippen LogP contribution in [0.3, 0.4) is 0 Å². The normalized spacial score (nSPS) is 29.6. The highest BCUT2D eigenvalue weighted by Gasteiger charge is 2.44. The molecule has 34 heavy (non-hydrogen) atoms. The number of esters is 1. The van der Waals surface area contributed by atoms with Crippen LogP contribution in [-0.2, 0) is 14.3 Å². The number of carbonyl (C=O) groups excluding carboxylic acids is 1. The molecule has 1 aliphatic carbocycles. The van der Waals surface area contributed by atoms with Crippen molar-refractivity contribution in [2.45, 2.75) is 104 Å². The van der Waals surface area contributed by atoms with Crippen molar-refractivity contribution in [2.75, 3.05) is 6.61 Å². The molecule has 1 heterocycles. The fraction of sp³-hybridized carbons (Fsp3) is 0.667. The zero-order valence-corrected chi connectivity index (χ0v) is 21.2. The molecule has 190 valence electrons. The minimum absolute atomic E-state index is 0.0224. The average molecular weight is 477 g/mol. The third kappa shape index (κ3) is 5.75. The van der Waals surface area contributed by atoms with Gasteiger partial charge in [0.2, 0.25) is 6.29 Å². The molecule has 0 radical (unpaired) electrons. The van der Waals surface area contributed by atoms with Crippen molar-refractivity contribution in [1.29, 1.82) is 0 Å². The predicted molar refractivity (Wildman–Crippen MR) is 129 cm³/mol. The lowest BCUT2D eigenvalue weighted by Gasteiger charge is -2.39. The second-order valence-electron chi connectivity index (χ2n) is 10.2. The third-order valence-corrected chi connectivity index (χ3v) is 7.15. The number of ether oxygens (including phenoxy) is 3. The fourth-order valence-electron chi connectivity index (χ4n) is 5.21. The van der Waals surface area contributed by atoms with E-state index in [0.29, 0.717) is 23.1 Å². The summed E-state index contributed by atoms with van der Waals surface area (Å²) in [5.74, 6) is 0.662. The minimum atomic E-state index is -1.36. The zero-order valence-electron chi connectivity index (χ0n) is 21.2. The molecule has 1 fully saturated rings. The first kappa shape index (κ1) is 26.5. The van der Waals surface area contributed by atoms with Gasteiger partial charge in [-0.05, 0) is 75.3 Å². The molecule has 0 spiro atoms. The summed E-state index contributed by atoms with van der Waals surface area (Å²) in [6.07, 6.45) is 1.49. The summed E-state index contributed by atoms with van der Waals surface area (Å²) in [5.41, 5.74) is 4.14. The molecule has 1 saturated heterocycles. The number of phenols is 1. The number of rotatable bonds is 7. The number of fused-ring (bicyclic) bond motifs is 1. The van der Waals surface area contributed by atoms with E-state index in [1.807, 2.05) is 6.92 Å². The largest absolute Gasteiger partial charge is 0.504 e. The maximum atomic E-state index is 11.6. The first-order chi connectivity index (χ1) is 16.0. The number of aliphatic hydroxyl groups is 2. The quantitative estimate of drug-likeness (QED) is 0.394. The summed E-state index contributed by atoms with van der Waals surface area (Å²) in [5, 5.41) is 31.4. The molecule has 7 atom stereocenters. The number of aryl methyl sites for hydroxylation is 1. The number of hydrogen-bond acceptors (Lipinski definition) is 7. The van der Waals surface area contributed by atoms with Gasteiger partial charge in [0.25, 0.3) is 0 Å². The van der Waals surface area contributed by atoms with Gasteiger partial charge in [0, 0.05) is 12.5 Å². The van der Waals surface area contributed by atoms with Crippen molar-refractivity contribution in [1.82, 2.24) is 0 Å². The summed E-state index contributed by atoms with van der Waals surface area (Å²) in [6.45, 7) is 11.5. The highest BCUT2D eigenvalue weighted by Crippen LogP contribution is 2.51. The van der Waals surface area contributed by atoms with Gasteiger partial charge in [-0.25, -0.2) is 0 Å². The van der Waals surface area contributed by atoms with E-state index in [9.17, 15) is 20.1 Å². The maximum Gasteiger partial charge on any atom is 0.303 e. The van der Waals surface area contributed by atoms with Gasteiger partial charge in [0.05, 0.1) is 6.61 Å². The van der Waals surface area contributed by atoms with Crippen LogP contribution in [0.5, 0.6) is 11.5 Å². The lowest BCUT2D eigenvalue weighted by Crippen LogP contribution is -2.56. The molecule has 1 aromatic carbocycles. The van der Waals surface area contributed by atoms with Crippen LogP contribution in [0.4, 0.5) is 0 Å². The van der Waals surface area contributed by atoms with Crippen LogP contribution >= 0.6 is 0 Å². The molecule has 0 aromatic heterocycles. The molecule has 0 bridgehead atoms. The summed E-state index contributed by atoms with van der Waals surface area (Å²) < 4.78 is 17.0. The van der Waals surface area contributed by atoms with Gasteiger partial charge < -0.3 is 29.5 Å². The van der Waals surface area contributed by atoms with Crippen LogP contribution in [0.15, 0.2) is 17.7 Å². The van der Waals surface area contributed by atoms with Gasteiger partial charge in [0.1, 0.15) is 12.2 Å². The van der Waals surface area contributed by atoms with Crippen LogP contribution in [0, 0.1) is 12.8 Å². The SMILES string of the molecule is CC(=O)O[C@@H]1[C@H](Oc2c(O)c(C)cc3c2[C@@H](C)CC[C@@H]3[C@@H](C)CCC=C(C)C)OC[C@@H](O)[C@H]1O. The molecule has 1 aliphatic heterocycles. The van der Waals surface area contributed by atoms with Crippen LogP contribution < -0.4 is 4.74 Å². The van der Waals surface area contributed by atoms with E-state index in [1.165, 1.54) is 18.1 Å². The van der Waals surface area contributed by atoms with Crippen molar-refractivity contribution in [3.8, 4) is 11.5 Å². The van der Waals surface area contributed by atoms with Crippen LogP contribution in [0.25, 0.3) is 0 Å². The second-order valence-corrected chi connectivity index (χ2v) is 10.2. The van der Waals surface area contributed by atoms with Gasteiger partial charge in [-0.15, -0.1) is 0 Å². The molecular weight excluding hydrogens is 436 g/mol.